The molecule has 0 amide bonds. The Hall–Kier alpha value is -0.0800. The topological polar surface area (TPSA) is 29.3 Å². The van der Waals surface area contributed by atoms with E-state index in [0.29, 0.717) is 0 Å². The molecule has 0 unspecified atom stereocenters. The monoisotopic (exact) mass is 162 g/mol. The van der Waals surface area contributed by atoms with Crippen LogP contribution in [0.2, 0.25) is 0 Å². The Morgan fingerprint density at radius 1 is 1.27 bits per heavy atom. The van der Waals surface area contributed by atoms with Gasteiger partial charge in [0, 0.05) is 7.97 Å². The van der Waals surface area contributed by atoms with Crippen LogP contribution in [-0.4, -0.2) is 32.1 Å². The first-order valence-corrected chi connectivity index (χ1v) is 4.33. The van der Waals surface area contributed by atoms with E-state index in [4.69, 9.17) is 5.73 Å². The normalized spacial score (nSPS) is 10.9. The van der Waals surface area contributed by atoms with Crippen LogP contribution < -0.4 is 5.73 Å². The fourth-order valence-corrected chi connectivity index (χ4v) is 0.921. The van der Waals surface area contributed by atoms with Crippen LogP contribution in [0.1, 0.15) is 29.1 Å². The molecular formula is C9H26N2. The maximum atomic E-state index is 5.53. The predicted octanol–water partition coefficient (Wildman–Crippen LogP) is 1.81. The molecule has 11 heavy (non-hydrogen) atoms. The summed E-state index contributed by atoms with van der Waals surface area (Å²) in [5.74, 6) is 0. The van der Waals surface area contributed by atoms with Gasteiger partial charge in [-0.05, 0) is 26.1 Å². The maximum absolute atomic E-state index is 5.53. The summed E-state index contributed by atoms with van der Waals surface area (Å²) in [6, 6.07) is 0. The molecule has 2 heteroatoms. The third-order valence-corrected chi connectivity index (χ3v) is 1.30. The highest BCUT2D eigenvalue weighted by atomic mass is 15.1. The van der Waals surface area contributed by atoms with Crippen LogP contribution in [-0.2, 0) is 0 Å². The molecule has 0 heterocycles. The molecule has 0 radical (unpaired) electrons. The third-order valence-electron chi connectivity index (χ3n) is 1.30. The van der Waals surface area contributed by atoms with Crippen molar-refractivity contribution in [2.24, 2.45) is 11.1 Å². The van der Waals surface area contributed by atoms with E-state index in [2.05, 4.69) is 32.8 Å². The lowest BCUT2D eigenvalue weighted by atomic mass is 9.93. The molecule has 2 nitrogen and oxygen atoms in total. The van der Waals surface area contributed by atoms with Crippen molar-refractivity contribution in [1.82, 2.24) is 4.90 Å². The van der Waals surface area contributed by atoms with Gasteiger partial charge in [-0.25, -0.2) is 0 Å². The summed E-state index contributed by atoms with van der Waals surface area (Å²) in [7, 11) is 4.13. The molecule has 0 fully saturated rings. The number of nitrogens with zero attached hydrogens (tertiary/aromatic N) is 1. The third kappa shape index (κ3) is 9.92. The van der Waals surface area contributed by atoms with E-state index in [9.17, 15) is 0 Å². The number of nitrogens with two attached hydrogens (primary N) is 1. The van der Waals surface area contributed by atoms with Gasteiger partial charge in [0.25, 0.3) is 0 Å². The van der Waals surface area contributed by atoms with Gasteiger partial charge in [-0.3, -0.25) is 0 Å². The SMILES string of the molecule is CC.CN(C)CC(C)(C)CN.[HH]. The Bertz CT molecular complexity index is 82.6. The van der Waals surface area contributed by atoms with Crippen molar-refractivity contribution in [3.63, 3.8) is 0 Å². The van der Waals surface area contributed by atoms with Crippen LogP contribution in [0.25, 0.3) is 0 Å². The first-order valence-electron chi connectivity index (χ1n) is 4.33. The second kappa shape index (κ2) is 6.62. The molecule has 0 aromatic rings. The molecule has 0 aromatic carbocycles. The Morgan fingerprint density at radius 3 is 1.73 bits per heavy atom. The minimum atomic E-state index is 0. The van der Waals surface area contributed by atoms with Gasteiger partial charge in [-0.15, -0.1) is 0 Å². The van der Waals surface area contributed by atoms with Gasteiger partial charge >= 0.3 is 0 Å². The smallest absolute Gasteiger partial charge is 0.00387 e. The molecule has 0 aromatic heterocycles. The fraction of sp³-hybridized carbons (Fsp3) is 1.00. The van der Waals surface area contributed by atoms with Gasteiger partial charge in [0.15, 0.2) is 0 Å². The van der Waals surface area contributed by atoms with Gasteiger partial charge in [0.2, 0.25) is 0 Å². The minimum absolute atomic E-state index is 0. The summed E-state index contributed by atoms with van der Waals surface area (Å²) in [5, 5.41) is 0. The zero-order valence-electron chi connectivity index (χ0n) is 8.94. The minimum Gasteiger partial charge on any atom is -0.330 e. The molecule has 0 saturated carbocycles. The molecule has 0 bridgehead atoms. The van der Waals surface area contributed by atoms with E-state index in [1.165, 1.54) is 0 Å². The average molecular weight is 162 g/mol. The number of hydrogen-bond acceptors (Lipinski definition) is 2. The Labute approximate surface area is 73.2 Å². The molecule has 0 aliphatic rings. The molecule has 0 atom stereocenters. The van der Waals surface area contributed by atoms with E-state index in [0.717, 1.165) is 13.1 Å². The summed E-state index contributed by atoms with van der Waals surface area (Å²) in [4.78, 5) is 2.16. The molecular weight excluding hydrogens is 136 g/mol. The first-order chi connectivity index (χ1) is 4.98. The summed E-state index contributed by atoms with van der Waals surface area (Å²) in [6.07, 6.45) is 0. The van der Waals surface area contributed by atoms with Gasteiger partial charge in [0.1, 0.15) is 0 Å². The van der Waals surface area contributed by atoms with Crippen molar-refractivity contribution >= 4 is 0 Å². The molecule has 0 rings (SSSR count). The lowest BCUT2D eigenvalue weighted by molar-refractivity contribution is 0.248. The van der Waals surface area contributed by atoms with E-state index in [-0.39, 0.29) is 6.84 Å². The van der Waals surface area contributed by atoms with Crippen molar-refractivity contribution < 1.29 is 1.43 Å². The Morgan fingerprint density at radius 2 is 1.64 bits per heavy atom. The van der Waals surface area contributed by atoms with Crippen LogP contribution in [0.4, 0.5) is 0 Å². The van der Waals surface area contributed by atoms with E-state index in [1.54, 1.807) is 0 Å². The van der Waals surface area contributed by atoms with Crippen molar-refractivity contribution in [2.45, 2.75) is 27.7 Å². The van der Waals surface area contributed by atoms with E-state index < -0.39 is 0 Å². The molecule has 0 saturated heterocycles. The molecule has 72 valence electrons. The second-order valence-corrected chi connectivity index (χ2v) is 3.61. The van der Waals surface area contributed by atoms with Gasteiger partial charge < -0.3 is 10.6 Å². The van der Waals surface area contributed by atoms with E-state index >= 15 is 0 Å². The van der Waals surface area contributed by atoms with Crippen molar-refractivity contribution in [3.05, 3.63) is 0 Å². The second-order valence-electron chi connectivity index (χ2n) is 3.61. The number of hydrogen-bond donors (Lipinski definition) is 1. The summed E-state index contributed by atoms with van der Waals surface area (Å²) >= 11 is 0. The van der Waals surface area contributed by atoms with Crippen molar-refractivity contribution in [3.8, 4) is 0 Å². The molecule has 0 aliphatic carbocycles. The van der Waals surface area contributed by atoms with Crippen LogP contribution >= 0.6 is 0 Å². The standard InChI is InChI=1S/C7H18N2.C2H6.H2/c1-7(2,5-8)6-9(3)4;1-2;/h5-6,8H2,1-4H3;1-2H3;1H. The zero-order chi connectivity index (χ0) is 9.49. The average Bonchev–Trinajstić information content (AvgIpc) is 1.90. The Balaban J connectivity index is -0.000000249. The maximum Gasteiger partial charge on any atom is 0.00387 e. The first kappa shape index (κ1) is 13.5. The van der Waals surface area contributed by atoms with Gasteiger partial charge in [0.05, 0.1) is 0 Å². The summed E-state index contributed by atoms with van der Waals surface area (Å²) in [6.45, 7) is 10.2. The van der Waals surface area contributed by atoms with Crippen LogP contribution in [0, 0.1) is 5.41 Å². The fourth-order valence-electron chi connectivity index (χ4n) is 0.921. The quantitative estimate of drug-likeness (QED) is 0.685. The lowest BCUT2D eigenvalue weighted by Gasteiger charge is -2.26. The summed E-state index contributed by atoms with van der Waals surface area (Å²) < 4.78 is 0. The van der Waals surface area contributed by atoms with Crippen LogP contribution in [0.5, 0.6) is 0 Å². The zero-order valence-corrected chi connectivity index (χ0v) is 8.94. The molecule has 2 N–H and O–H groups in total. The summed E-state index contributed by atoms with van der Waals surface area (Å²) in [5.41, 5.74) is 5.80. The highest BCUT2D eigenvalue weighted by Crippen LogP contribution is 2.12. The van der Waals surface area contributed by atoms with Crippen LogP contribution in [0.15, 0.2) is 0 Å². The highest BCUT2D eigenvalue weighted by Gasteiger charge is 2.15. The van der Waals surface area contributed by atoms with Gasteiger partial charge in [-0.2, -0.15) is 0 Å². The van der Waals surface area contributed by atoms with Gasteiger partial charge in [-0.1, -0.05) is 27.7 Å². The number of rotatable bonds is 3. The molecule has 0 spiro atoms. The highest BCUT2D eigenvalue weighted by molar-refractivity contribution is 4.71. The molecule has 0 aliphatic heterocycles. The predicted molar refractivity (Wildman–Crippen MR) is 54.9 cm³/mol. The van der Waals surface area contributed by atoms with Crippen LogP contribution in [0.3, 0.4) is 0 Å². The Kier molecular flexibility index (Phi) is 8.13. The van der Waals surface area contributed by atoms with Crippen molar-refractivity contribution in [1.29, 1.82) is 0 Å². The lowest BCUT2D eigenvalue weighted by Crippen LogP contribution is -2.34. The van der Waals surface area contributed by atoms with Crippen molar-refractivity contribution in [2.75, 3.05) is 27.2 Å². The van der Waals surface area contributed by atoms with E-state index in [1.807, 2.05) is 13.8 Å². The largest absolute Gasteiger partial charge is 0.330 e.